The van der Waals surface area contributed by atoms with Crippen LogP contribution in [0.2, 0.25) is 0 Å². The topological polar surface area (TPSA) is 126 Å². The molecular formula is C21H32O8. The monoisotopic (exact) mass is 412 g/mol. The van der Waals surface area contributed by atoms with Crippen LogP contribution in [0, 0.1) is 11.8 Å². The molecule has 0 aromatic carbocycles. The Bertz CT molecular complexity index is 657. The van der Waals surface area contributed by atoms with E-state index in [1.807, 2.05) is 26.8 Å². The van der Waals surface area contributed by atoms with Gasteiger partial charge in [0.05, 0.1) is 18.6 Å². The van der Waals surface area contributed by atoms with Crippen molar-refractivity contribution >= 4 is 5.97 Å². The number of carbonyl (C=O) groups is 1. The number of aliphatic hydroxyl groups is 4. The number of hydrogen-bond acceptors (Lipinski definition) is 8. The summed E-state index contributed by atoms with van der Waals surface area (Å²) in [4.78, 5) is 12.1. The predicted molar refractivity (Wildman–Crippen MR) is 103 cm³/mol. The number of ether oxygens (including phenoxy) is 3. The fourth-order valence-corrected chi connectivity index (χ4v) is 4.22. The predicted octanol–water partition coefficient (Wildman–Crippen LogP) is 0.426. The van der Waals surface area contributed by atoms with Crippen molar-refractivity contribution in [1.82, 2.24) is 0 Å². The Kier molecular flexibility index (Phi) is 7.14. The van der Waals surface area contributed by atoms with Crippen molar-refractivity contribution in [2.45, 2.75) is 82.9 Å². The zero-order valence-electron chi connectivity index (χ0n) is 17.1. The molecule has 0 amide bonds. The highest BCUT2D eigenvalue weighted by molar-refractivity contribution is 5.75. The van der Waals surface area contributed by atoms with E-state index in [1.165, 1.54) is 5.57 Å². The number of aliphatic hydroxyl groups excluding tert-OH is 4. The molecule has 0 bridgehead atoms. The van der Waals surface area contributed by atoms with E-state index in [0.717, 1.165) is 18.4 Å². The van der Waals surface area contributed by atoms with Gasteiger partial charge in [-0.3, -0.25) is 4.79 Å². The summed E-state index contributed by atoms with van der Waals surface area (Å²) in [5.41, 5.74) is 2.00. The van der Waals surface area contributed by atoms with E-state index in [4.69, 9.17) is 14.2 Å². The minimum Gasteiger partial charge on any atom is -0.458 e. The van der Waals surface area contributed by atoms with Gasteiger partial charge in [0.2, 0.25) is 0 Å². The highest BCUT2D eigenvalue weighted by Crippen LogP contribution is 2.36. The Morgan fingerprint density at radius 1 is 1.17 bits per heavy atom. The lowest BCUT2D eigenvalue weighted by molar-refractivity contribution is -0.308. The van der Waals surface area contributed by atoms with Crippen LogP contribution in [0.4, 0.5) is 0 Å². The molecule has 0 spiro atoms. The van der Waals surface area contributed by atoms with Crippen LogP contribution in [0.5, 0.6) is 0 Å². The minimum atomic E-state index is -1.49. The van der Waals surface area contributed by atoms with Gasteiger partial charge < -0.3 is 34.6 Å². The second-order valence-electron chi connectivity index (χ2n) is 8.41. The second-order valence-corrected chi connectivity index (χ2v) is 8.41. The van der Waals surface area contributed by atoms with Crippen molar-refractivity contribution in [2.75, 3.05) is 6.61 Å². The highest BCUT2D eigenvalue weighted by atomic mass is 16.7. The second kappa shape index (κ2) is 9.24. The fourth-order valence-electron chi connectivity index (χ4n) is 4.22. The average Bonchev–Trinajstić information content (AvgIpc) is 2.95. The molecular weight excluding hydrogens is 380 g/mol. The third kappa shape index (κ3) is 4.73. The summed E-state index contributed by atoms with van der Waals surface area (Å²) in [7, 11) is 0. The quantitative estimate of drug-likeness (QED) is 0.388. The molecule has 3 aliphatic rings. The number of hydrogen-bond donors (Lipinski definition) is 4. The minimum absolute atomic E-state index is 0.0896. The molecule has 2 saturated heterocycles. The smallest absolute Gasteiger partial charge is 0.309 e. The molecule has 29 heavy (non-hydrogen) atoms. The van der Waals surface area contributed by atoms with E-state index in [2.05, 4.69) is 6.08 Å². The lowest BCUT2D eigenvalue weighted by Crippen LogP contribution is -2.59. The molecule has 0 unspecified atom stereocenters. The molecule has 164 valence electrons. The summed E-state index contributed by atoms with van der Waals surface area (Å²) in [6.45, 7) is 5.28. The van der Waals surface area contributed by atoms with Gasteiger partial charge >= 0.3 is 5.97 Å². The summed E-state index contributed by atoms with van der Waals surface area (Å²) in [5, 5.41) is 39.6. The summed E-state index contributed by atoms with van der Waals surface area (Å²) < 4.78 is 17.0. The van der Waals surface area contributed by atoms with E-state index in [-0.39, 0.29) is 23.9 Å². The molecule has 2 heterocycles. The van der Waals surface area contributed by atoms with Crippen molar-refractivity contribution in [3.63, 3.8) is 0 Å². The summed E-state index contributed by atoms with van der Waals surface area (Å²) in [6, 6.07) is 0. The number of fused-ring (bicyclic) bond motifs is 1. The maximum absolute atomic E-state index is 12.1. The number of allylic oxidation sites excluding steroid dienone is 1. The van der Waals surface area contributed by atoms with Gasteiger partial charge in [-0.25, -0.2) is 0 Å². The van der Waals surface area contributed by atoms with E-state index in [0.29, 0.717) is 6.42 Å². The number of esters is 1. The molecule has 0 aromatic heterocycles. The lowest BCUT2D eigenvalue weighted by atomic mass is 9.84. The van der Waals surface area contributed by atoms with E-state index < -0.39 is 43.4 Å². The first-order valence-electron chi connectivity index (χ1n) is 10.2. The molecule has 9 atom stereocenters. The first-order chi connectivity index (χ1) is 13.7. The highest BCUT2D eigenvalue weighted by Gasteiger charge is 2.45. The van der Waals surface area contributed by atoms with Gasteiger partial charge in [0, 0.05) is 5.92 Å². The van der Waals surface area contributed by atoms with Gasteiger partial charge in [-0.05, 0) is 44.8 Å². The van der Waals surface area contributed by atoms with Crippen LogP contribution in [-0.4, -0.2) is 75.9 Å². The standard InChI is InChI=1S/C21H32O8/c1-10-4-6-13-12(3)20(26)27-15(13)8-11(2)14(7-5-10)28-21-19(25)18(24)17(23)16(9-22)29-21/h5,8,12-19,21-25H,4,6-7,9H2,1-3H3/b10-5-,11-8+/t12-,13-,14-,15+,16+,17+,18-,19+,21+/m0/s1. The van der Waals surface area contributed by atoms with Crippen LogP contribution < -0.4 is 0 Å². The molecule has 4 N–H and O–H groups in total. The molecule has 8 heteroatoms. The van der Waals surface area contributed by atoms with Crippen LogP contribution in [-0.2, 0) is 19.0 Å². The van der Waals surface area contributed by atoms with Crippen LogP contribution in [0.3, 0.4) is 0 Å². The Labute approximate surface area is 170 Å². The van der Waals surface area contributed by atoms with Gasteiger partial charge in [0.25, 0.3) is 0 Å². The third-order valence-corrected chi connectivity index (χ3v) is 6.32. The lowest BCUT2D eigenvalue weighted by Gasteiger charge is -2.41. The molecule has 0 aromatic rings. The van der Waals surface area contributed by atoms with Crippen LogP contribution >= 0.6 is 0 Å². The van der Waals surface area contributed by atoms with Crippen LogP contribution in [0.15, 0.2) is 23.3 Å². The van der Waals surface area contributed by atoms with Crippen molar-refractivity contribution in [3.05, 3.63) is 23.3 Å². The van der Waals surface area contributed by atoms with Gasteiger partial charge in [-0.15, -0.1) is 0 Å². The zero-order chi connectivity index (χ0) is 21.3. The Morgan fingerprint density at radius 2 is 1.90 bits per heavy atom. The van der Waals surface area contributed by atoms with Crippen LogP contribution in [0.1, 0.15) is 40.0 Å². The van der Waals surface area contributed by atoms with Crippen molar-refractivity contribution < 1.29 is 39.4 Å². The Hall–Kier alpha value is -1.29. The van der Waals surface area contributed by atoms with E-state index in [1.54, 1.807) is 0 Å². The normalized spacial score (nSPS) is 47.4. The first-order valence-corrected chi connectivity index (χ1v) is 10.2. The first kappa shape index (κ1) is 22.4. The molecule has 2 aliphatic heterocycles. The van der Waals surface area contributed by atoms with Gasteiger partial charge in [-0.1, -0.05) is 18.6 Å². The average molecular weight is 412 g/mol. The molecule has 1 aliphatic carbocycles. The summed E-state index contributed by atoms with van der Waals surface area (Å²) in [5.74, 6) is -0.274. The summed E-state index contributed by atoms with van der Waals surface area (Å²) in [6.07, 6.45) is -1.25. The van der Waals surface area contributed by atoms with Gasteiger partial charge in [0.1, 0.15) is 30.5 Å². The van der Waals surface area contributed by atoms with Crippen LogP contribution in [0.25, 0.3) is 0 Å². The van der Waals surface area contributed by atoms with Gasteiger partial charge in [-0.2, -0.15) is 0 Å². The molecule has 0 saturated carbocycles. The number of carbonyl (C=O) groups excluding carboxylic acids is 1. The van der Waals surface area contributed by atoms with Gasteiger partial charge in [0.15, 0.2) is 6.29 Å². The zero-order valence-corrected chi connectivity index (χ0v) is 17.1. The Morgan fingerprint density at radius 3 is 2.59 bits per heavy atom. The third-order valence-electron chi connectivity index (χ3n) is 6.32. The molecule has 2 fully saturated rings. The van der Waals surface area contributed by atoms with E-state index >= 15 is 0 Å². The number of rotatable bonds is 3. The van der Waals surface area contributed by atoms with Crippen molar-refractivity contribution in [2.24, 2.45) is 11.8 Å². The fraction of sp³-hybridized carbons (Fsp3) is 0.762. The SMILES string of the molecule is C/C1=C/C[C@H](O[C@@H]2O[C@H](CO)[C@@H](O)[C@H](O)[C@H]2O)/C(C)=C/[C@H]2OC(=O)[C@@H](C)[C@@H]2CC1. The molecule has 3 rings (SSSR count). The molecule has 8 nitrogen and oxygen atoms in total. The maximum atomic E-state index is 12.1. The maximum Gasteiger partial charge on any atom is 0.309 e. The van der Waals surface area contributed by atoms with E-state index in [9.17, 15) is 25.2 Å². The largest absolute Gasteiger partial charge is 0.458 e. The summed E-state index contributed by atoms with van der Waals surface area (Å²) >= 11 is 0. The van der Waals surface area contributed by atoms with Crippen molar-refractivity contribution in [3.8, 4) is 0 Å². The Balaban J connectivity index is 1.82. The van der Waals surface area contributed by atoms with Crippen molar-refractivity contribution in [1.29, 1.82) is 0 Å². The molecule has 0 radical (unpaired) electrons.